The Balaban J connectivity index is 2.51. The Hall–Kier alpha value is -0.530. The number of cyclic esters (lactones) is 1. The van der Waals surface area contributed by atoms with E-state index in [1.165, 1.54) is 0 Å². The van der Waals surface area contributed by atoms with Crippen LogP contribution in [0.2, 0.25) is 0 Å². The van der Waals surface area contributed by atoms with Gasteiger partial charge in [0.25, 0.3) is 0 Å². The van der Waals surface area contributed by atoms with E-state index in [1.807, 2.05) is 6.92 Å². The van der Waals surface area contributed by atoms with Crippen LogP contribution >= 0.6 is 0 Å². The van der Waals surface area contributed by atoms with Gasteiger partial charge in [0.1, 0.15) is 0 Å². The van der Waals surface area contributed by atoms with E-state index >= 15 is 0 Å². The number of esters is 1. The lowest BCUT2D eigenvalue weighted by Crippen LogP contribution is -2.32. The Morgan fingerprint density at radius 2 is 2.09 bits per heavy atom. The molecule has 0 amide bonds. The zero-order chi connectivity index (χ0) is 8.43. The quantitative estimate of drug-likeness (QED) is 0.543. The first kappa shape index (κ1) is 8.57. The lowest BCUT2D eigenvalue weighted by atomic mass is 9.88. The minimum atomic E-state index is -0.00116. The van der Waals surface area contributed by atoms with Crippen LogP contribution in [-0.2, 0) is 9.53 Å². The minimum Gasteiger partial charge on any atom is -0.462 e. The number of ether oxygens (including phenoxy) is 1. The van der Waals surface area contributed by atoms with E-state index in [-0.39, 0.29) is 18.0 Å². The Bertz CT molecular complexity index is 152. The maximum Gasteiger partial charge on any atom is 0.309 e. The van der Waals surface area contributed by atoms with Gasteiger partial charge in [-0.25, -0.2) is 0 Å². The summed E-state index contributed by atoms with van der Waals surface area (Å²) in [5.41, 5.74) is 0. The summed E-state index contributed by atoms with van der Waals surface area (Å²) in [6.07, 6.45) is 2.16. The van der Waals surface area contributed by atoms with Gasteiger partial charge in [0.05, 0.1) is 12.0 Å². The van der Waals surface area contributed by atoms with E-state index in [1.54, 1.807) is 0 Å². The zero-order valence-corrected chi connectivity index (χ0v) is 7.46. The van der Waals surface area contributed by atoms with Crippen LogP contribution in [0.3, 0.4) is 0 Å². The molecular formula is C9H16O2. The molecule has 0 aromatic carbocycles. The minimum absolute atomic E-state index is 0.00116. The molecular weight excluding hydrogens is 140 g/mol. The monoisotopic (exact) mass is 156 g/mol. The number of carbonyl (C=O) groups is 1. The van der Waals surface area contributed by atoms with Crippen LogP contribution in [-0.4, -0.2) is 12.1 Å². The SMILES string of the molecule is CC(C)[C@@H]1CC[C@H](C)OC1=O. The topological polar surface area (TPSA) is 26.3 Å². The summed E-state index contributed by atoms with van der Waals surface area (Å²) in [7, 11) is 0. The van der Waals surface area contributed by atoms with Gasteiger partial charge in [0.15, 0.2) is 0 Å². The lowest BCUT2D eigenvalue weighted by Gasteiger charge is -2.27. The highest BCUT2D eigenvalue weighted by Gasteiger charge is 2.29. The molecule has 0 unspecified atom stereocenters. The largest absolute Gasteiger partial charge is 0.462 e. The summed E-state index contributed by atoms with van der Waals surface area (Å²) in [5, 5.41) is 0. The van der Waals surface area contributed by atoms with Crippen LogP contribution in [0.4, 0.5) is 0 Å². The fraction of sp³-hybridized carbons (Fsp3) is 0.889. The van der Waals surface area contributed by atoms with Crippen LogP contribution in [0.5, 0.6) is 0 Å². The number of hydrogen-bond acceptors (Lipinski definition) is 2. The van der Waals surface area contributed by atoms with Crippen molar-refractivity contribution in [3.05, 3.63) is 0 Å². The molecule has 64 valence electrons. The maximum absolute atomic E-state index is 11.2. The molecule has 0 aliphatic carbocycles. The predicted molar refractivity (Wildman–Crippen MR) is 43.1 cm³/mol. The van der Waals surface area contributed by atoms with E-state index in [2.05, 4.69) is 13.8 Å². The second kappa shape index (κ2) is 3.24. The second-order valence-corrected chi connectivity index (χ2v) is 3.68. The molecule has 1 saturated heterocycles. The third-order valence-corrected chi connectivity index (χ3v) is 2.31. The highest BCUT2D eigenvalue weighted by molar-refractivity contribution is 5.73. The molecule has 1 fully saturated rings. The summed E-state index contributed by atoms with van der Waals surface area (Å²) < 4.78 is 5.12. The molecule has 11 heavy (non-hydrogen) atoms. The first-order valence-corrected chi connectivity index (χ1v) is 4.31. The van der Waals surface area contributed by atoms with Crippen molar-refractivity contribution in [2.24, 2.45) is 11.8 Å². The molecule has 0 aromatic heterocycles. The maximum atomic E-state index is 11.2. The van der Waals surface area contributed by atoms with Crippen LogP contribution in [0.15, 0.2) is 0 Å². The third kappa shape index (κ3) is 1.95. The van der Waals surface area contributed by atoms with Crippen molar-refractivity contribution in [1.82, 2.24) is 0 Å². The molecule has 0 aromatic rings. The molecule has 0 radical (unpaired) electrons. The zero-order valence-electron chi connectivity index (χ0n) is 7.46. The van der Waals surface area contributed by atoms with Crippen molar-refractivity contribution in [3.8, 4) is 0 Å². The van der Waals surface area contributed by atoms with Gasteiger partial charge < -0.3 is 4.74 Å². The molecule has 1 rings (SSSR count). The smallest absolute Gasteiger partial charge is 0.309 e. The molecule has 1 aliphatic rings. The molecule has 0 spiro atoms. The van der Waals surface area contributed by atoms with Crippen molar-refractivity contribution < 1.29 is 9.53 Å². The van der Waals surface area contributed by atoms with Crippen LogP contribution in [0.25, 0.3) is 0 Å². The van der Waals surface area contributed by atoms with Crippen LogP contribution in [0.1, 0.15) is 33.6 Å². The van der Waals surface area contributed by atoms with Crippen molar-refractivity contribution in [2.45, 2.75) is 39.7 Å². The van der Waals surface area contributed by atoms with Crippen molar-refractivity contribution in [2.75, 3.05) is 0 Å². The lowest BCUT2D eigenvalue weighted by molar-refractivity contribution is -0.161. The van der Waals surface area contributed by atoms with Crippen molar-refractivity contribution in [3.63, 3.8) is 0 Å². The first-order chi connectivity index (χ1) is 5.11. The van der Waals surface area contributed by atoms with E-state index in [0.717, 1.165) is 12.8 Å². The molecule has 1 aliphatic heterocycles. The Morgan fingerprint density at radius 3 is 2.55 bits per heavy atom. The Kier molecular flexibility index (Phi) is 2.53. The average Bonchev–Trinajstić information content (AvgIpc) is 1.85. The molecule has 2 heteroatoms. The Labute approximate surface area is 67.9 Å². The normalized spacial score (nSPS) is 32.2. The summed E-state index contributed by atoms with van der Waals surface area (Å²) in [6.45, 7) is 6.10. The van der Waals surface area contributed by atoms with Gasteiger partial charge in [-0.3, -0.25) is 4.79 Å². The van der Waals surface area contributed by atoms with E-state index < -0.39 is 0 Å². The number of carbonyl (C=O) groups excluding carboxylic acids is 1. The number of rotatable bonds is 1. The van der Waals surface area contributed by atoms with Gasteiger partial charge in [-0.2, -0.15) is 0 Å². The fourth-order valence-electron chi connectivity index (χ4n) is 1.48. The van der Waals surface area contributed by atoms with Gasteiger partial charge in [-0.15, -0.1) is 0 Å². The molecule has 2 nitrogen and oxygen atoms in total. The van der Waals surface area contributed by atoms with Crippen LogP contribution in [0, 0.1) is 11.8 Å². The average molecular weight is 156 g/mol. The highest BCUT2D eigenvalue weighted by atomic mass is 16.5. The fourth-order valence-corrected chi connectivity index (χ4v) is 1.48. The van der Waals surface area contributed by atoms with E-state index in [9.17, 15) is 4.79 Å². The van der Waals surface area contributed by atoms with Crippen molar-refractivity contribution >= 4 is 5.97 Å². The summed E-state index contributed by atoms with van der Waals surface area (Å²) >= 11 is 0. The molecule has 2 atom stereocenters. The van der Waals surface area contributed by atoms with Crippen LogP contribution < -0.4 is 0 Å². The van der Waals surface area contributed by atoms with Crippen molar-refractivity contribution in [1.29, 1.82) is 0 Å². The van der Waals surface area contributed by atoms with Gasteiger partial charge in [0, 0.05) is 0 Å². The Morgan fingerprint density at radius 1 is 1.45 bits per heavy atom. The molecule has 1 heterocycles. The van der Waals surface area contributed by atoms with E-state index in [0.29, 0.717) is 5.92 Å². The first-order valence-electron chi connectivity index (χ1n) is 4.31. The molecule has 0 bridgehead atoms. The second-order valence-electron chi connectivity index (χ2n) is 3.68. The summed E-state index contributed by atoms with van der Waals surface area (Å²) in [6, 6.07) is 0. The van der Waals surface area contributed by atoms with Gasteiger partial charge in [-0.1, -0.05) is 13.8 Å². The number of hydrogen-bond donors (Lipinski definition) is 0. The van der Waals surface area contributed by atoms with Gasteiger partial charge in [0.2, 0.25) is 0 Å². The van der Waals surface area contributed by atoms with Gasteiger partial charge >= 0.3 is 5.97 Å². The molecule has 0 saturated carbocycles. The predicted octanol–water partition coefficient (Wildman–Crippen LogP) is 1.98. The summed E-state index contributed by atoms with van der Waals surface area (Å²) in [4.78, 5) is 11.2. The summed E-state index contributed by atoms with van der Waals surface area (Å²) in [5.74, 6) is 0.569. The highest BCUT2D eigenvalue weighted by Crippen LogP contribution is 2.25. The molecule has 0 N–H and O–H groups in total. The standard InChI is InChI=1S/C9H16O2/c1-6(2)8-5-4-7(3)11-9(8)10/h6-8H,4-5H2,1-3H3/t7-,8-/m0/s1. The van der Waals surface area contributed by atoms with E-state index in [4.69, 9.17) is 4.74 Å². The third-order valence-electron chi connectivity index (χ3n) is 2.31. The van der Waals surface area contributed by atoms with Gasteiger partial charge in [-0.05, 0) is 25.7 Å².